The summed E-state index contributed by atoms with van der Waals surface area (Å²) >= 11 is 22.1. The summed E-state index contributed by atoms with van der Waals surface area (Å²) in [6.07, 6.45) is 0. The first-order valence-electron chi connectivity index (χ1n) is 4.48. The van der Waals surface area contributed by atoms with Crippen LogP contribution in [-0.2, 0) is 0 Å². The smallest absolute Gasteiger partial charge is 0.269 e. The molecule has 0 aliphatic heterocycles. The molecule has 0 heterocycles. The molecule has 0 bridgehead atoms. The van der Waals surface area contributed by atoms with Gasteiger partial charge in [-0.05, 0) is 12.1 Å². The van der Waals surface area contributed by atoms with E-state index in [-0.39, 0.29) is 11.3 Å². The number of amides is 1. The number of nitrogens with zero attached hydrogens (tertiary/aromatic N) is 1. The molecule has 0 saturated heterocycles. The zero-order chi connectivity index (χ0) is 13.9. The molecule has 1 aromatic carbocycles. The minimum Gasteiger partial charge on any atom is -0.332 e. The third-order valence-electron chi connectivity index (χ3n) is 1.89. The van der Waals surface area contributed by atoms with Gasteiger partial charge in [0.05, 0.1) is 4.92 Å². The highest BCUT2D eigenvalue weighted by atomic mass is 35.6. The van der Waals surface area contributed by atoms with Crippen molar-refractivity contribution < 1.29 is 9.72 Å². The Balaban J connectivity index is 2.76. The molecule has 1 aromatic rings. The number of nitro benzene ring substituents is 1. The number of non-ortho nitro benzene ring substituents is 1. The van der Waals surface area contributed by atoms with E-state index in [0.29, 0.717) is 0 Å². The Morgan fingerprint density at radius 2 is 1.78 bits per heavy atom. The van der Waals surface area contributed by atoms with Gasteiger partial charge in [0.1, 0.15) is 0 Å². The summed E-state index contributed by atoms with van der Waals surface area (Å²) in [6, 6.07) is 4.92. The average Bonchev–Trinajstić information content (AvgIpc) is 2.27. The van der Waals surface area contributed by atoms with Gasteiger partial charge in [-0.2, -0.15) is 0 Å². The van der Waals surface area contributed by atoms with Crippen LogP contribution in [0.4, 0.5) is 5.69 Å². The molecule has 0 spiro atoms. The SMILES string of the molecule is O=C(NC(Cl)C(Cl)(Cl)Cl)c1ccc([N+](=O)[O-])cc1. The standard InChI is InChI=1S/C9H6Cl4N2O3/c10-8(9(11,12)13)14-7(16)5-1-3-6(4-2-5)15(17)18/h1-4,8H,(H,14,16). The van der Waals surface area contributed by atoms with E-state index in [4.69, 9.17) is 46.4 Å². The number of rotatable bonds is 3. The van der Waals surface area contributed by atoms with Crippen LogP contribution >= 0.6 is 46.4 Å². The monoisotopic (exact) mass is 330 g/mol. The maximum absolute atomic E-state index is 11.6. The lowest BCUT2D eigenvalue weighted by atomic mass is 10.2. The number of hydrogen-bond donors (Lipinski definition) is 1. The average molecular weight is 332 g/mol. The van der Waals surface area contributed by atoms with Crippen molar-refractivity contribution in [2.45, 2.75) is 9.29 Å². The van der Waals surface area contributed by atoms with Gasteiger partial charge in [-0.3, -0.25) is 14.9 Å². The molecule has 0 fully saturated rings. The van der Waals surface area contributed by atoms with Crippen LogP contribution in [0.1, 0.15) is 10.4 Å². The van der Waals surface area contributed by atoms with Crippen LogP contribution in [0.2, 0.25) is 0 Å². The number of hydrogen-bond acceptors (Lipinski definition) is 3. The molecule has 18 heavy (non-hydrogen) atoms. The maximum Gasteiger partial charge on any atom is 0.269 e. The van der Waals surface area contributed by atoms with Crippen molar-refractivity contribution in [3.63, 3.8) is 0 Å². The van der Waals surface area contributed by atoms with Crippen LogP contribution in [0.5, 0.6) is 0 Å². The van der Waals surface area contributed by atoms with Crippen LogP contribution < -0.4 is 5.32 Å². The van der Waals surface area contributed by atoms with Crippen LogP contribution in [0.15, 0.2) is 24.3 Å². The molecule has 0 aliphatic carbocycles. The van der Waals surface area contributed by atoms with E-state index in [1.165, 1.54) is 24.3 Å². The van der Waals surface area contributed by atoms with Gasteiger partial charge in [-0.25, -0.2) is 0 Å². The molecule has 1 atom stereocenters. The Bertz CT molecular complexity index is 458. The second kappa shape index (κ2) is 5.93. The van der Waals surface area contributed by atoms with Gasteiger partial charge in [0.15, 0.2) is 5.50 Å². The molecule has 1 rings (SSSR count). The highest BCUT2D eigenvalue weighted by molar-refractivity contribution is 6.70. The molecule has 0 aromatic heterocycles. The first kappa shape index (κ1) is 15.3. The minimum atomic E-state index is -1.85. The fourth-order valence-corrected chi connectivity index (χ4v) is 1.28. The second-order valence-electron chi connectivity index (χ2n) is 3.18. The number of alkyl halides is 4. The van der Waals surface area contributed by atoms with Gasteiger partial charge >= 0.3 is 0 Å². The quantitative estimate of drug-likeness (QED) is 0.400. The molecule has 5 nitrogen and oxygen atoms in total. The molecule has 1 N–H and O–H groups in total. The zero-order valence-corrected chi connectivity index (χ0v) is 11.6. The van der Waals surface area contributed by atoms with Gasteiger partial charge in [0, 0.05) is 17.7 Å². The van der Waals surface area contributed by atoms with E-state index in [2.05, 4.69) is 5.32 Å². The zero-order valence-electron chi connectivity index (χ0n) is 8.57. The second-order valence-corrected chi connectivity index (χ2v) is 5.99. The minimum absolute atomic E-state index is 0.129. The van der Waals surface area contributed by atoms with Crippen molar-refractivity contribution in [3.05, 3.63) is 39.9 Å². The molecular formula is C9H6Cl4N2O3. The molecule has 0 aliphatic rings. The summed E-state index contributed by atoms with van der Waals surface area (Å²) in [5.74, 6) is -0.601. The fraction of sp³-hybridized carbons (Fsp3) is 0.222. The Labute approximate surface area is 122 Å². The molecular weight excluding hydrogens is 326 g/mol. The summed E-state index contributed by atoms with van der Waals surface area (Å²) < 4.78 is -1.85. The number of carbonyl (C=O) groups excluding carboxylic acids is 1. The molecule has 0 radical (unpaired) electrons. The first-order valence-corrected chi connectivity index (χ1v) is 6.05. The lowest BCUT2D eigenvalue weighted by Crippen LogP contribution is -2.39. The van der Waals surface area contributed by atoms with Crippen LogP contribution in [0.25, 0.3) is 0 Å². The van der Waals surface area contributed by atoms with Crippen molar-refractivity contribution in [2.75, 3.05) is 0 Å². The van der Waals surface area contributed by atoms with Crippen molar-refractivity contribution in [3.8, 4) is 0 Å². The van der Waals surface area contributed by atoms with E-state index < -0.39 is 20.1 Å². The van der Waals surface area contributed by atoms with Crippen LogP contribution in [0.3, 0.4) is 0 Å². The highest BCUT2D eigenvalue weighted by Gasteiger charge is 2.32. The summed E-state index contributed by atoms with van der Waals surface area (Å²) in [5.41, 5.74) is -1.18. The third-order valence-corrected chi connectivity index (χ3v) is 3.31. The fourth-order valence-electron chi connectivity index (χ4n) is 1.01. The molecule has 98 valence electrons. The lowest BCUT2D eigenvalue weighted by Gasteiger charge is -2.19. The van der Waals surface area contributed by atoms with E-state index in [0.717, 1.165) is 0 Å². The maximum atomic E-state index is 11.6. The normalized spacial score (nSPS) is 12.9. The Morgan fingerprint density at radius 1 is 1.28 bits per heavy atom. The van der Waals surface area contributed by atoms with Crippen LogP contribution in [0, 0.1) is 10.1 Å². The summed E-state index contributed by atoms with van der Waals surface area (Å²) in [6.45, 7) is 0. The molecule has 1 amide bonds. The first-order chi connectivity index (χ1) is 8.21. The van der Waals surface area contributed by atoms with Gasteiger partial charge in [0.2, 0.25) is 3.79 Å². The predicted molar refractivity (Wildman–Crippen MR) is 70.5 cm³/mol. The summed E-state index contributed by atoms with van der Waals surface area (Å²) in [7, 11) is 0. The van der Waals surface area contributed by atoms with E-state index in [1.54, 1.807) is 0 Å². The van der Waals surface area contributed by atoms with E-state index >= 15 is 0 Å². The number of nitrogens with one attached hydrogen (secondary N) is 1. The van der Waals surface area contributed by atoms with Crippen molar-refractivity contribution in [1.29, 1.82) is 0 Å². The summed E-state index contributed by atoms with van der Waals surface area (Å²) in [4.78, 5) is 21.5. The van der Waals surface area contributed by atoms with E-state index in [1.807, 2.05) is 0 Å². The van der Waals surface area contributed by atoms with Gasteiger partial charge in [-0.15, -0.1) is 0 Å². The van der Waals surface area contributed by atoms with Crippen LogP contribution in [-0.4, -0.2) is 20.1 Å². The van der Waals surface area contributed by atoms with E-state index in [9.17, 15) is 14.9 Å². The van der Waals surface area contributed by atoms with Crippen molar-refractivity contribution in [1.82, 2.24) is 5.32 Å². The molecule has 0 saturated carbocycles. The van der Waals surface area contributed by atoms with Gasteiger partial charge in [-0.1, -0.05) is 46.4 Å². The number of halogens is 4. The highest BCUT2D eigenvalue weighted by Crippen LogP contribution is 2.32. The Kier molecular flexibility index (Phi) is 5.04. The van der Waals surface area contributed by atoms with Crippen molar-refractivity contribution >= 4 is 58.0 Å². The Hall–Kier alpha value is -0.750. The third kappa shape index (κ3) is 4.17. The van der Waals surface area contributed by atoms with Gasteiger partial charge in [0.25, 0.3) is 11.6 Å². The number of carbonyl (C=O) groups is 1. The predicted octanol–water partition coefficient (Wildman–Crippen LogP) is 3.26. The number of nitro groups is 1. The molecule has 1 unspecified atom stereocenters. The lowest BCUT2D eigenvalue weighted by molar-refractivity contribution is -0.384. The number of benzene rings is 1. The Morgan fingerprint density at radius 3 is 2.17 bits per heavy atom. The topological polar surface area (TPSA) is 72.2 Å². The van der Waals surface area contributed by atoms with Gasteiger partial charge < -0.3 is 5.32 Å². The summed E-state index contributed by atoms with van der Waals surface area (Å²) in [5, 5.41) is 12.7. The largest absolute Gasteiger partial charge is 0.332 e. The molecule has 9 heteroatoms. The van der Waals surface area contributed by atoms with Crippen molar-refractivity contribution in [2.24, 2.45) is 0 Å².